The van der Waals surface area contributed by atoms with Gasteiger partial charge in [-0.3, -0.25) is 4.79 Å². The number of ether oxygens (including phenoxy) is 1. The van der Waals surface area contributed by atoms with E-state index in [-0.39, 0.29) is 12.5 Å². The predicted octanol–water partition coefficient (Wildman–Crippen LogP) is 4.90. The van der Waals surface area contributed by atoms with Crippen molar-refractivity contribution in [1.82, 2.24) is 0 Å². The summed E-state index contributed by atoms with van der Waals surface area (Å²) < 4.78 is 4.99. The summed E-state index contributed by atoms with van der Waals surface area (Å²) >= 11 is 1.34. The van der Waals surface area contributed by atoms with Gasteiger partial charge in [-0.05, 0) is 37.0 Å². The summed E-state index contributed by atoms with van der Waals surface area (Å²) in [6.45, 7) is 3.17. The Balaban J connectivity index is 1.56. The number of methoxy groups -OCH3 is 1. The molecule has 1 aliphatic heterocycles. The highest BCUT2D eigenvalue weighted by molar-refractivity contribution is 7.15. The van der Waals surface area contributed by atoms with Gasteiger partial charge in [0.25, 0.3) is 0 Å². The Morgan fingerprint density at radius 3 is 2.73 bits per heavy atom. The van der Waals surface area contributed by atoms with E-state index in [1.54, 1.807) is 0 Å². The second kappa shape index (κ2) is 8.71. The third kappa shape index (κ3) is 4.09. The van der Waals surface area contributed by atoms with E-state index in [0.29, 0.717) is 10.6 Å². The van der Waals surface area contributed by atoms with E-state index in [4.69, 9.17) is 4.74 Å². The monoisotopic (exact) mass is 420 g/mol. The number of nitrogens with one attached hydrogen (secondary N) is 1. The number of amides is 1. The molecule has 154 valence electrons. The lowest BCUT2D eigenvalue weighted by atomic mass is 9.99. The van der Waals surface area contributed by atoms with E-state index in [0.717, 1.165) is 36.2 Å². The first-order valence-corrected chi connectivity index (χ1v) is 10.8. The van der Waals surface area contributed by atoms with Crippen molar-refractivity contribution >= 4 is 33.9 Å². The molecule has 0 spiro atoms. The predicted molar refractivity (Wildman–Crippen MR) is 121 cm³/mol. The van der Waals surface area contributed by atoms with Crippen LogP contribution in [0.15, 0.2) is 53.9 Å². The molecule has 0 fully saturated rings. The van der Waals surface area contributed by atoms with Crippen LogP contribution < -0.4 is 10.2 Å². The van der Waals surface area contributed by atoms with Gasteiger partial charge in [0, 0.05) is 23.2 Å². The lowest BCUT2D eigenvalue weighted by molar-refractivity contribution is -0.115. The maximum absolute atomic E-state index is 12.9. The molecular weight excluding hydrogens is 396 g/mol. The van der Waals surface area contributed by atoms with Gasteiger partial charge >= 0.3 is 5.97 Å². The minimum atomic E-state index is -0.454. The lowest BCUT2D eigenvalue weighted by Crippen LogP contribution is -2.36. The van der Waals surface area contributed by atoms with Crippen LogP contribution in [0, 0.1) is 6.92 Å². The molecular formula is C24H24N2O3S. The zero-order valence-electron chi connectivity index (χ0n) is 17.1. The summed E-state index contributed by atoms with van der Waals surface area (Å²) in [4.78, 5) is 27.5. The first kappa shape index (κ1) is 20.2. The number of carbonyl (C=O) groups is 2. The van der Waals surface area contributed by atoms with Gasteiger partial charge in [0.05, 0.1) is 13.7 Å². The standard InChI is InChI=1S/C24H24N2O3S/c1-16-10-11-20-18(13-16)9-6-12-26(20)14-21(27)25-23-22(24(28)29-2)19(15-30-23)17-7-4-3-5-8-17/h3-5,7-8,10-11,13,15H,6,9,12,14H2,1-2H3,(H,25,27). The topological polar surface area (TPSA) is 58.6 Å². The van der Waals surface area contributed by atoms with Crippen LogP contribution in [0.2, 0.25) is 0 Å². The molecule has 1 N–H and O–H groups in total. The van der Waals surface area contributed by atoms with Gasteiger partial charge in [-0.25, -0.2) is 4.79 Å². The average Bonchev–Trinajstić information content (AvgIpc) is 3.17. The van der Waals surface area contributed by atoms with Gasteiger partial charge in [-0.1, -0.05) is 48.0 Å². The fourth-order valence-electron chi connectivity index (χ4n) is 3.89. The fraction of sp³-hybridized carbons (Fsp3) is 0.250. The normalized spacial score (nSPS) is 12.9. The van der Waals surface area contributed by atoms with Crippen molar-refractivity contribution in [2.24, 2.45) is 0 Å². The zero-order valence-corrected chi connectivity index (χ0v) is 17.9. The van der Waals surface area contributed by atoms with Crippen LogP contribution in [0.3, 0.4) is 0 Å². The van der Waals surface area contributed by atoms with Gasteiger partial charge in [-0.15, -0.1) is 11.3 Å². The van der Waals surface area contributed by atoms with E-state index in [1.165, 1.54) is 29.6 Å². The molecule has 3 aromatic rings. The number of esters is 1. The SMILES string of the molecule is COC(=O)c1c(-c2ccccc2)csc1NC(=O)CN1CCCc2cc(C)ccc21. The Hall–Kier alpha value is -3.12. The first-order chi connectivity index (χ1) is 14.6. The van der Waals surface area contributed by atoms with Crippen LogP contribution in [0.4, 0.5) is 10.7 Å². The minimum Gasteiger partial charge on any atom is -0.465 e. The zero-order chi connectivity index (χ0) is 21.1. The number of anilines is 2. The Morgan fingerprint density at radius 1 is 1.17 bits per heavy atom. The molecule has 0 radical (unpaired) electrons. The summed E-state index contributed by atoms with van der Waals surface area (Å²) in [5.74, 6) is -0.598. The second-order valence-corrected chi connectivity index (χ2v) is 8.30. The Kier molecular flexibility index (Phi) is 5.86. The Morgan fingerprint density at radius 2 is 1.97 bits per heavy atom. The molecule has 4 rings (SSSR count). The number of aryl methyl sites for hydroxylation is 2. The van der Waals surface area contributed by atoms with Gasteiger partial charge in [0.2, 0.25) is 5.91 Å². The number of hydrogen-bond acceptors (Lipinski definition) is 5. The molecule has 2 aromatic carbocycles. The molecule has 0 saturated heterocycles. The van der Waals surface area contributed by atoms with Crippen LogP contribution >= 0.6 is 11.3 Å². The minimum absolute atomic E-state index is 0.143. The molecule has 2 heterocycles. The average molecular weight is 421 g/mol. The molecule has 1 aliphatic rings. The maximum Gasteiger partial charge on any atom is 0.341 e. The molecule has 1 aromatic heterocycles. The maximum atomic E-state index is 12.9. The molecule has 5 nitrogen and oxygen atoms in total. The van der Waals surface area contributed by atoms with Crippen LogP contribution in [0.5, 0.6) is 0 Å². The molecule has 0 bridgehead atoms. The smallest absolute Gasteiger partial charge is 0.341 e. The third-order valence-corrected chi connectivity index (χ3v) is 6.20. The van der Waals surface area contributed by atoms with Crippen LogP contribution in [0.25, 0.3) is 11.1 Å². The summed E-state index contributed by atoms with van der Waals surface area (Å²) in [5.41, 5.74) is 5.71. The van der Waals surface area contributed by atoms with Crippen LogP contribution in [0.1, 0.15) is 27.9 Å². The van der Waals surface area contributed by atoms with Crippen molar-refractivity contribution in [3.63, 3.8) is 0 Å². The van der Waals surface area contributed by atoms with E-state index in [9.17, 15) is 9.59 Å². The molecule has 30 heavy (non-hydrogen) atoms. The molecule has 0 aliphatic carbocycles. The Labute approximate surface area is 180 Å². The van der Waals surface area contributed by atoms with Crippen molar-refractivity contribution in [1.29, 1.82) is 0 Å². The van der Waals surface area contributed by atoms with Gasteiger partial charge < -0.3 is 15.0 Å². The van der Waals surface area contributed by atoms with Crippen molar-refractivity contribution in [2.45, 2.75) is 19.8 Å². The highest BCUT2D eigenvalue weighted by Crippen LogP contribution is 2.36. The van der Waals surface area contributed by atoms with Crippen molar-refractivity contribution in [3.8, 4) is 11.1 Å². The number of rotatable bonds is 5. The first-order valence-electron chi connectivity index (χ1n) is 9.96. The molecule has 6 heteroatoms. The number of hydrogen-bond donors (Lipinski definition) is 1. The van der Waals surface area contributed by atoms with E-state index < -0.39 is 5.97 Å². The highest BCUT2D eigenvalue weighted by Gasteiger charge is 2.24. The number of fused-ring (bicyclic) bond motifs is 1. The largest absolute Gasteiger partial charge is 0.465 e. The fourth-order valence-corrected chi connectivity index (χ4v) is 4.87. The van der Waals surface area contributed by atoms with Gasteiger partial charge in [0.1, 0.15) is 10.6 Å². The summed E-state index contributed by atoms with van der Waals surface area (Å²) in [6.07, 6.45) is 2.06. The van der Waals surface area contributed by atoms with Crippen molar-refractivity contribution < 1.29 is 14.3 Å². The van der Waals surface area contributed by atoms with E-state index >= 15 is 0 Å². The highest BCUT2D eigenvalue weighted by atomic mass is 32.1. The third-order valence-electron chi connectivity index (χ3n) is 5.30. The lowest BCUT2D eigenvalue weighted by Gasteiger charge is -2.31. The summed E-state index contributed by atoms with van der Waals surface area (Å²) in [5, 5.41) is 5.35. The molecule has 0 saturated carbocycles. The number of nitrogens with zero attached hydrogens (tertiary/aromatic N) is 1. The summed E-state index contributed by atoms with van der Waals surface area (Å²) in [6, 6.07) is 16.0. The van der Waals surface area contributed by atoms with Crippen molar-refractivity contribution in [3.05, 3.63) is 70.6 Å². The van der Waals surface area contributed by atoms with E-state index in [2.05, 4.69) is 35.3 Å². The second-order valence-electron chi connectivity index (χ2n) is 7.42. The summed E-state index contributed by atoms with van der Waals surface area (Å²) in [7, 11) is 1.35. The number of carbonyl (C=O) groups excluding carboxylic acids is 2. The molecule has 0 unspecified atom stereocenters. The number of benzene rings is 2. The van der Waals surface area contributed by atoms with Gasteiger partial charge in [0.15, 0.2) is 0 Å². The Bertz CT molecular complexity index is 1080. The molecule has 1 amide bonds. The van der Waals surface area contributed by atoms with Crippen LogP contribution in [-0.4, -0.2) is 32.1 Å². The van der Waals surface area contributed by atoms with Gasteiger partial charge in [-0.2, -0.15) is 0 Å². The quantitative estimate of drug-likeness (QED) is 0.597. The molecule has 0 atom stereocenters. The van der Waals surface area contributed by atoms with Crippen LogP contribution in [-0.2, 0) is 16.0 Å². The number of thiophene rings is 1. The van der Waals surface area contributed by atoms with E-state index in [1.807, 2.05) is 35.7 Å². The van der Waals surface area contributed by atoms with Crippen molar-refractivity contribution in [2.75, 3.05) is 30.4 Å².